The van der Waals surface area contributed by atoms with Crippen molar-refractivity contribution in [1.82, 2.24) is 14.8 Å². The Labute approximate surface area is 195 Å². The van der Waals surface area contributed by atoms with Gasteiger partial charge in [0.1, 0.15) is 11.3 Å². The number of fused-ring (bicyclic) bond motifs is 2. The summed E-state index contributed by atoms with van der Waals surface area (Å²) < 4.78 is 0. The molecule has 0 amide bonds. The Bertz CT molecular complexity index is 1440. The van der Waals surface area contributed by atoms with E-state index in [0.717, 1.165) is 38.4 Å². The molecule has 0 radical (unpaired) electrons. The first-order valence-corrected chi connectivity index (χ1v) is 11.1. The molecule has 2 heterocycles. The molecule has 3 N–H and O–H groups in total. The second-order valence-electron chi connectivity index (χ2n) is 8.72. The normalized spacial score (nSPS) is 15.1. The molecule has 1 fully saturated rings. The minimum Gasteiger partial charge on any atom is -0.508 e. The van der Waals surface area contributed by atoms with Crippen LogP contribution in [0.1, 0.15) is 5.56 Å². The van der Waals surface area contributed by atoms with Gasteiger partial charge in [-0.15, -0.1) is 0 Å². The van der Waals surface area contributed by atoms with Crippen LogP contribution in [0.3, 0.4) is 0 Å². The molecule has 34 heavy (non-hydrogen) atoms. The zero-order valence-electron chi connectivity index (χ0n) is 18.7. The summed E-state index contributed by atoms with van der Waals surface area (Å²) in [6.45, 7) is 5.08. The summed E-state index contributed by atoms with van der Waals surface area (Å²) >= 11 is 0. The number of pyridine rings is 1. The number of non-ortho nitro benzene ring substituents is 1. The molecule has 0 aliphatic carbocycles. The van der Waals surface area contributed by atoms with Gasteiger partial charge in [0.25, 0.3) is 5.69 Å². The van der Waals surface area contributed by atoms with Gasteiger partial charge in [-0.1, -0.05) is 12.1 Å². The molecule has 174 valence electrons. The first kappa shape index (κ1) is 21.9. The van der Waals surface area contributed by atoms with Gasteiger partial charge in [-0.25, -0.2) is 0 Å². The van der Waals surface area contributed by atoms with E-state index in [0.29, 0.717) is 11.2 Å². The Morgan fingerprint density at radius 2 is 1.79 bits per heavy atom. The number of likely N-dealkylation sites (N-methyl/N-ethyl adjacent to an activating group) is 1. The van der Waals surface area contributed by atoms with Crippen molar-refractivity contribution in [2.45, 2.75) is 6.54 Å². The number of nitrogens with one attached hydrogen (secondary N) is 2. The van der Waals surface area contributed by atoms with E-state index in [1.807, 2.05) is 24.3 Å². The summed E-state index contributed by atoms with van der Waals surface area (Å²) in [6, 6.07) is 15.2. The zero-order valence-corrected chi connectivity index (χ0v) is 18.7. The van der Waals surface area contributed by atoms with Crippen molar-refractivity contribution >= 4 is 38.9 Å². The number of aromatic hydroxyl groups is 1. The highest BCUT2D eigenvalue weighted by Gasteiger charge is 2.20. The molecule has 9 nitrogen and oxygen atoms in total. The van der Waals surface area contributed by atoms with Crippen LogP contribution in [0.5, 0.6) is 5.75 Å². The number of anilines is 2. The molecule has 1 aliphatic heterocycles. The molecule has 1 aromatic heterocycles. The smallest absolute Gasteiger partial charge is 0.293 e. The number of nitrogens with zero attached hydrogens (tertiary/aromatic N) is 3. The standard InChI is InChI=1S/C25H25N5O4/c1-28-10-12-29(13-11-28)15-16-2-4-17(5-3-16)26-21-8-9-22(30(33)34)24-23(21)25(32)19-14-18(31)6-7-20(19)27-24/h2-9,14,26,31H,10-13,15H2,1H3,(H,27,32). The predicted molar refractivity (Wildman–Crippen MR) is 133 cm³/mol. The van der Waals surface area contributed by atoms with Crippen LogP contribution in [0.25, 0.3) is 21.8 Å². The van der Waals surface area contributed by atoms with Crippen LogP contribution in [0.15, 0.2) is 59.4 Å². The number of nitro groups is 1. The van der Waals surface area contributed by atoms with Crippen LogP contribution in [-0.4, -0.2) is 58.0 Å². The van der Waals surface area contributed by atoms with Gasteiger partial charge in [0.2, 0.25) is 0 Å². The quantitative estimate of drug-likeness (QED) is 0.236. The van der Waals surface area contributed by atoms with Gasteiger partial charge in [0.05, 0.1) is 21.5 Å². The number of piperazine rings is 1. The van der Waals surface area contributed by atoms with Gasteiger partial charge in [0, 0.05) is 49.9 Å². The Morgan fingerprint density at radius 1 is 1.06 bits per heavy atom. The number of phenols is 1. The van der Waals surface area contributed by atoms with E-state index in [-0.39, 0.29) is 27.7 Å². The molecule has 4 aromatic rings. The molecule has 0 saturated carbocycles. The fourth-order valence-electron chi connectivity index (χ4n) is 4.42. The number of aromatic nitrogens is 1. The Morgan fingerprint density at radius 3 is 2.50 bits per heavy atom. The third-order valence-corrected chi connectivity index (χ3v) is 6.35. The van der Waals surface area contributed by atoms with Gasteiger partial charge in [-0.05, 0) is 49.0 Å². The van der Waals surface area contributed by atoms with E-state index in [2.05, 4.69) is 27.1 Å². The number of H-pyrrole nitrogens is 1. The molecule has 0 atom stereocenters. The van der Waals surface area contributed by atoms with Crippen molar-refractivity contribution < 1.29 is 10.0 Å². The highest BCUT2D eigenvalue weighted by Crippen LogP contribution is 2.32. The van der Waals surface area contributed by atoms with E-state index in [4.69, 9.17) is 0 Å². The number of hydrogen-bond donors (Lipinski definition) is 3. The SMILES string of the molecule is CN1CCN(Cc2ccc(Nc3ccc([N+](=O)[O-])c4[nH]c5ccc(O)cc5c(=O)c34)cc2)CC1. The van der Waals surface area contributed by atoms with Crippen LogP contribution in [0.2, 0.25) is 0 Å². The topological polar surface area (TPSA) is 115 Å². The molecule has 9 heteroatoms. The van der Waals surface area contributed by atoms with Crippen molar-refractivity contribution in [2.24, 2.45) is 0 Å². The summed E-state index contributed by atoms with van der Waals surface area (Å²) in [5.74, 6) is -0.0479. The number of benzene rings is 3. The number of aromatic amines is 1. The molecular weight excluding hydrogens is 434 g/mol. The van der Waals surface area contributed by atoms with Crippen molar-refractivity contribution in [3.8, 4) is 5.75 Å². The zero-order chi connectivity index (χ0) is 23.8. The van der Waals surface area contributed by atoms with Crippen LogP contribution < -0.4 is 10.7 Å². The average molecular weight is 460 g/mol. The maximum atomic E-state index is 13.3. The highest BCUT2D eigenvalue weighted by molar-refractivity contribution is 6.04. The van der Waals surface area contributed by atoms with Crippen LogP contribution >= 0.6 is 0 Å². The van der Waals surface area contributed by atoms with Gasteiger partial charge in [0.15, 0.2) is 5.43 Å². The molecular formula is C25H25N5O4. The van der Waals surface area contributed by atoms with Gasteiger partial charge in [-0.2, -0.15) is 0 Å². The van der Waals surface area contributed by atoms with E-state index in [1.165, 1.54) is 29.8 Å². The first-order valence-electron chi connectivity index (χ1n) is 11.1. The van der Waals surface area contributed by atoms with Crippen LogP contribution in [0.4, 0.5) is 17.1 Å². The predicted octanol–water partition coefficient (Wildman–Crippen LogP) is 3.79. The molecule has 0 unspecified atom stereocenters. The van der Waals surface area contributed by atoms with E-state index in [9.17, 15) is 20.0 Å². The summed E-state index contributed by atoms with van der Waals surface area (Å²) in [7, 11) is 2.14. The van der Waals surface area contributed by atoms with E-state index < -0.39 is 10.4 Å². The summed E-state index contributed by atoms with van der Waals surface area (Å²) in [5.41, 5.74) is 2.41. The van der Waals surface area contributed by atoms with E-state index >= 15 is 0 Å². The second kappa shape index (κ2) is 8.77. The van der Waals surface area contributed by atoms with Crippen LogP contribution in [0, 0.1) is 10.1 Å². The fourth-order valence-corrected chi connectivity index (χ4v) is 4.42. The molecule has 0 bridgehead atoms. The number of nitro benzene ring substituents is 1. The molecule has 0 spiro atoms. The monoisotopic (exact) mass is 459 g/mol. The van der Waals surface area contributed by atoms with Gasteiger partial charge < -0.3 is 20.3 Å². The summed E-state index contributed by atoms with van der Waals surface area (Å²) in [4.78, 5) is 32.2. The maximum Gasteiger partial charge on any atom is 0.293 e. The summed E-state index contributed by atoms with van der Waals surface area (Å²) in [6.07, 6.45) is 0. The van der Waals surface area contributed by atoms with Crippen LogP contribution in [-0.2, 0) is 6.54 Å². The number of rotatable bonds is 5. The number of hydrogen-bond acceptors (Lipinski definition) is 7. The average Bonchev–Trinajstić information content (AvgIpc) is 2.82. The third kappa shape index (κ3) is 4.18. The van der Waals surface area contributed by atoms with Crippen molar-refractivity contribution in [2.75, 3.05) is 38.5 Å². The molecule has 3 aromatic carbocycles. The van der Waals surface area contributed by atoms with Crippen molar-refractivity contribution in [3.05, 3.63) is 80.5 Å². The Hall–Kier alpha value is -3.95. The Balaban J connectivity index is 1.49. The third-order valence-electron chi connectivity index (χ3n) is 6.35. The fraction of sp³-hybridized carbons (Fsp3) is 0.240. The molecule has 5 rings (SSSR count). The van der Waals surface area contributed by atoms with Crippen molar-refractivity contribution in [3.63, 3.8) is 0 Å². The number of phenolic OH excluding ortho intramolecular Hbond substituents is 1. The lowest BCUT2D eigenvalue weighted by molar-refractivity contribution is -0.383. The lowest BCUT2D eigenvalue weighted by Gasteiger charge is -2.32. The molecule has 1 aliphatic rings. The van der Waals surface area contributed by atoms with Crippen molar-refractivity contribution in [1.29, 1.82) is 0 Å². The second-order valence-corrected chi connectivity index (χ2v) is 8.72. The molecule has 1 saturated heterocycles. The Kier molecular flexibility index (Phi) is 5.64. The minimum atomic E-state index is -0.512. The van der Waals surface area contributed by atoms with E-state index in [1.54, 1.807) is 6.07 Å². The summed E-state index contributed by atoms with van der Waals surface area (Å²) in [5, 5.41) is 25.2. The lowest BCUT2D eigenvalue weighted by Crippen LogP contribution is -2.43. The van der Waals surface area contributed by atoms with Gasteiger partial charge in [-0.3, -0.25) is 19.8 Å². The maximum absolute atomic E-state index is 13.3. The first-order chi connectivity index (χ1) is 16.4. The minimum absolute atomic E-state index is 0.0479. The highest BCUT2D eigenvalue weighted by atomic mass is 16.6. The largest absolute Gasteiger partial charge is 0.508 e. The van der Waals surface area contributed by atoms with Gasteiger partial charge >= 0.3 is 0 Å². The lowest BCUT2D eigenvalue weighted by atomic mass is 10.1.